The van der Waals surface area contributed by atoms with Gasteiger partial charge in [0.25, 0.3) is 11.8 Å². The fourth-order valence-electron chi connectivity index (χ4n) is 10.2. The molecular weight excluding hydrogens is 935 g/mol. The molecule has 3 aromatic heterocycles. The van der Waals surface area contributed by atoms with Crippen molar-refractivity contribution in [2.75, 3.05) is 44.2 Å². The summed E-state index contributed by atoms with van der Waals surface area (Å²) in [6, 6.07) is 7.47. The minimum atomic E-state index is -5.08. The van der Waals surface area contributed by atoms with Gasteiger partial charge in [0.05, 0.1) is 16.6 Å². The maximum atomic E-state index is 14.3. The first-order valence-corrected chi connectivity index (χ1v) is 22.6. The van der Waals surface area contributed by atoms with Gasteiger partial charge in [-0.15, -0.1) is 0 Å². The second-order valence-corrected chi connectivity index (χ2v) is 19.4. The van der Waals surface area contributed by atoms with Gasteiger partial charge < -0.3 is 25.0 Å². The fourth-order valence-corrected chi connectivity index (χ4v) is 10.2. The molecule has 2 saturated heterocycles. The number of rotatable bonds is 11. The van der Waals surface area contributed by atoms with E-state index in [0.717, 1.165) is 88.7 Å². The van der Waals surface area contributed by atoms with Crippen molar-refractivity contribution in [3.63, 3.8) is 0 Å². The van der Waals surface area contributed by atoms with Crippen molar-refractivity contribution >= 4 is 40.7 Å². The summed E-state index contributed by atoms with van der Waals surface area (Å²) in [5, 5.41) is 25.9. The van der Waals surface area contributed by atoms with E-state index in [-0.39, 0.29) is 47.2 Å². The first kappa shape index (κ1) is 49.6. The minimum Gasteiger partial charge on any atom is -0.503 e. The third-order valence-electron chi connectivity index (χ3n) is 14.1. The molecular formula is C46H50F6N10O8. The number of carbonyl (C=O) groups excluding carboxylic acids is 3. The molecule has 5 aromatic rings. The van der Waals surface area contributed by atoms with Crippen molar-refractivity contribution < 1.29 is 60.3 Å². The number of piperazine rings is 1. The van der Waals surface area contributed by atoms with Gasteiger partial charge in [0, 0.05) is 64.3 Å². The molecule has 5 aliphatic rings. The number of imide groups is 1. The highest BCUT2D eigenvalue weighted by Crippen LogP contribution is 2.57. The summed E-state index contributed by atoms with van der Waals surface area (Å²) in [5.74, 6) is -9.24. The molecule has 2 aromatic carbocycles. The van der Waals surface area contributed by atoms with E-state index in [2.05, 4.69) is 44.4 Å². The number of alkyl halides is 3. The first-order valence-electron chi connectivity index (χ1n) is 22.6. The Morgan fingerprint density at radius 2 is 1.60 bits per heavy atom. The lowest BCUT2D eigenvalue weighted by Gasteiger charge is -2.52. The molecule has 1 atom stereocenters. The Kier molecular flexibility index (Phi) is 13.3. The third-order valence-corrected chi connectivity index (χ3v) is 14.1. The fraction of sp³-hybridized carbons (Fsp3) is 0.500. The summed E-state index contributed by atoms with van der Waals surface area (Å²) in [4.78, 5) is 78.1. The van der Waals surface area contributed by atoms with E-state index in [9.17, 15) is 50.6 Å². The zero-order chi connectivity index (χ0) is 50.5. The van der Waals surface area contributed by atoms with Crippen LogP contribution < -0.4 is 21.2 Å². The summed E-state index contributed by atoms with van der Waals surface area (Å²) in [6.45, 7) is 8.59. The molecule has 10 rings (SSSR count). The Morgan fingerprint density at radius 3 is 2.24 bits per heavy atom. The van der Waals surface area contributed by atoms with E-state index in [1.165, 1.54) is 4.57 Å². The van der Waals surface area contributed by atoms with Crippen molar-refractivity contribution in [2.24, 2.45) is 17.9 Å². The number of aromatic nitrogens is 6. The van der Waals surface area contributed by atoms with Gasteiger partial charge in [-0.1, -0.05) is 25.1 Å². The lowest BCUT2D eigenvalue weighted by atomic mass is 9.53. The number of imidazole rings is 1. The van der Waals surface area contributed by atoms with Crippen LogP contribution in [0, 0.1) is 28.3 Å². The maximum absolute atomic E-state index is 14.3. The van der Waals surface area contributed by atoms with E-state index in [0.29, 0.717) is 34.9 Å². The predicted octanol–water partition coefficient (Wildman–Crippen LogP) is 5.33. The average molecular weight is 985 g/mol. The SMILES string of the molecule is Cn1c(=O)n([C@@H]2CCC(=O)NC2=O)c2ccc(CC(C)(C)CN3CCN(c4nccc(-c5nc(C67CCC(CNC(=O)c8cc(F)c(O)c(F)c8F)(CC6)CC7)no5)n4)CC3)cc21.O=C(O)C(F)(F)F. The number of carboxylic acids is 1. The number of carbonyl (C=O) groups is 4. The number of carboxylic acid groups (broad SMARTS) is 1. The van der Waals surface area contributed by atoms with Gasteiger partial charge in [0.2, 0.25) is 23.6 Å². The molecule has 2 aliphatic heterocycles. The Labute approximate surface area is 395 Å². The van der Waals surface area contributed by atoms with Gasteiger partial charge in [0.15, 0.2) is 23.2 Å². The molecule has 4 N–H and O–H groups in total. The molecule has 3 aliphatic carbocycles. The molecule has 24 heteroatoms. The summed E-state index contributed by atoms with van der Waals surface area (Å²) in [6.07, 6.45) is 2.29. The number of hydrogen-bond acceptors (Lipinski definition) is 13. The number of nitrogens with one attached hydrogen (secondary N) is 2. The van der Waals surface area contributed by atoms with Crippen LogP contribution in [0.5, 0.6) is 5.75 Å². The zero-order valence-corrected chi connectivity index (χ0v) is 38.3. The number of nitrogens with zero attached hydrogens (tertiary/aromatic N) is 8. The number of amides is 3. The van der Waals surface area contributed by atoms with Gasteiger partial charge in [0.1, 0.15) is 11.7 Å². The lowest BCUT2D eigenvalue weighted by molar-refractivity contribution is -0.192. The first-order chi connectivity index (χ1) is 33.0. The van der Waals surface area contributed by atoms with E-state index in [1.807, 2.05) is 18.2 Å². The average Bonchev–Trinajstić information content (AvgIpc) is 3.93. The van der Waals surface area contributed by atoms with Crippen LogP contribution in [0.3, 0.4) is 0 Å². The summed E-state index contributed by atoms with van der Waals surface area (Å²) in [5.41, 5.74) is 1.28. The number of aryl methyl sites for hydroxylation is 1. The van der Waals surface area contributed by atoms with Gasteiger partial charge in [-0.2, -0.15) is 22.5 Å². The highest BCUT2D eigenvalue weighted by atomic mass is 19.4. The standard InChI is InChI=1S/C44H49F3N10O6.C2HF3O2/c1-42(2,22-25-4-5-29-31(20-25)54(3)41(62)57(29)30-6-7-32(58)51-37(30)61)24-55-16-18-56(19-17-55)40-48-15-8-28(50-40)38-52-39(53-63-38)44-12-9-43(10-13-44,11-14-44)23-49-36(60)26-21-27(45)35(59)34(47)33(26)46;3-2(4,5)1(6)7/h4-5,8,15,20-21,30,59H,6-7,9-14,16-19,22-24H2,1-3H3,(H,49,60)(H,51,58,61);(H,6,7)/t30-,43?,44?;/m1./s1. The minimum absolute atomic E-state index is 0.0976. The Bertz CT molecular complexity index is 2900. The largest absolute Gasteiger partial charge is 0.503 e. The highest BCUT2D eigenvalue weighted by molar-refractivity contribution is 6.00. The smallest absolute Gasteiger partial charge is 0.490 e. The number of piperidine rings is 1. The van der Waals surface area contributed by atoms with Crippen LogP contribution in [0.15, 0.2) is 45.8 Å². The topological polar surface area (TPSA) is 231 Å². The molecule has 0 unspecified atom stereocenters. The van der Waals surface area contributed by atoms with E-state index in [1.54, 1.807) is 23.9 Å². The molecule has 5 heterocycles. The monoisotopic (exact) mass is 984 g/mol. The Hall–Kier alpha value is -6.85. The van der Waals surface area contributed by atoms with Crippen molar-refractivity contribution in [3.8, 4) is 17.3 Å². The maximum Gasteiger partial charge on any atom is 0.490 e. The number of benzene rings is 2. The van der Waals surface area contributed by atoms with Gasteiger partial charge in [-0.25, -0.2) is 28.3 Å². The van der Waals surface area contributed by atoms with Crippen molar-refractivity contribution in [1.29, 1.82) is 0 Å². The predicted molar refractivity (Wildman–Crippen MR) is 236 cm³/mol. The number of phenols is 1. The number of aromatic hydroxyl groups is 1. The van der Waals surface area contributed by atoms with Crippen LogP contribution >= 0.6 is 0 Å². The number of hydrogen-bond donors (Lipinski definition) is 4. The van der Waals surface area contributed by atoms with E-state index < -0.39 is 58.8 Å². The van der Waals surface area contributed by atoms with Crippen LogP contribution in [0.1, 0.15) is 93.0 Å². The van der Waals surface area contributed by atoms with Gasteiger partial charge in [-0.3, -0.25) is 33.7 Å². The summed E-state index contributed by atoms with van der Waals surface area (Å²) in [7, 11) is 1.71. The number of aliphatic carboxylic acids is 1. The molecule has 5 fully saturated rings. The molecule has 0 spiro atoms. The Balaban J connectivity index is 0.000000876. The lowest BCUT2D eigenvalue weighted by Crippen LogP contribution is -2.49. The highest BCUT2D eigenvalue weighted by Gasteiger charge is 2.52. The second kappa shape index (κ2) is 18.8. The van der Waals surface area contributed by atoms with Crippen molar-refractivity contribution in [3.05, 3.63) is 81.4 Å². The number of phenolic OH excluding ortho intramolecular Hbond substituents is 1. The number of halogens is 6. The molecule has 70 heavy (non-hydrogen) atoms. The quantitative estimate of drug-likeness (QED) is 0.0746. The van der Waals surface area contributed by atoms with E-state index >= 15 is 0 Å². The van der Waals surface area contributed by atoms with Crippen LogP contribution in [-0.2, 0) is 33.3 Å². The summed E-state index contributed by atoms with van der Waals surface area (Å²) >= 11 is 0. The second-order valence-electron chi connectivity index (χ2n) is 19.4. The molecule has 0 radical (unpaired) electrons. The van der Waals surface area contributed by atoms with Crippen LogP contribution in [0.25, 0.3) is 22.6 Å². The van der Waals surface area contributed by atoms with Crippen LogP contribution in [0.4, 0.5) is 32.3 Å². The van der Waals surface area contributed by atoms with Gasteiger partial charge in [-0.05, 0) is 92.0 Å². The molecule has 3 amide bonds. The normalized spacial score (nSPS) is 21.9. The zero-order valence-electron chi connectivity index (χ0n) is 38.3. The van der Waals surface area contributed by atoms with Crippen molar-refractivity contribution in [1.82, 2.24) is 44.8 Å². The molecule has 2 bridgehead atoms. The van der Waals surface area contributed by atoms with Crippen LogP contribution in [-0.4, -0.2) is 113 Å². The summed E-state index contributed by atoms with van der Waals surface area (Å²) < 4.78 is 82.6. The number of fused-ring (bicyclic) bond motifs is 4. The van der Waals surface area contributed by atoms with E-state index in [4.69, 9.17) is 24.4 Å². The number of anilines is 1. The van der Waals surface area contributed by atoms with Crippen LogP contribution in [0.2, 0.25) is 0 Å². The van der Waals surface area contributed by atoms with Crippen molar-refractivity contribution in [2.45, 2.75) is 89.3 Å². The van der Waals surface area contributed by atoms with Gasteiger partial charge >= 0.3 is 17.8 Å². The Morgan fingerprint density at radius 1 is 0.929 bits per heavy atom. The molecule has 3 saturated carbocycles. The third kappa shape index (κ3) is 9.95. The molecule has 18 nitrogen and oxygen atoms in total. The molecule has 374 valence electrons.